The van der Waals surface area contributed by atoms with E-state index < -0.39 is 5.91 Å². The van der Waals surface area contributed by atoms with Crippen molar-refractivity contribution in [1.82, 2.24) is 10.9 Å². The van der Waals surface area contributed by atoms with Crippen LogP contribution in [0.15, 0.2) is 36.4 Å². The van der Waals surface area contributed by atoms with E-state index in [0.29, 0.717) is 22.1 Å². The highest BCUT2D eigenvalue weighted by Crippen LogP contribution is 2.31. The lowest BCUT2D eigenvalue weighted by molar-refractivity contribution is -0.125. The Balaban J connectivity index is 1.58. The van der Waals surface area contributed by atoms with Crippen LogP contribution in [0.25, 0.3) is 0 Å². The molecule has 1 heterocycles. The summed E-state index contributed by atoms with van der Waals surface area (Å²) in [6.45, 7) is 3.58. The molecule has 146 valence electrons. The largest absolute Gasteiger partial charge is 0.482 e. The molecule has 0 aromatic heterocycles. The number of carbonyl (C=O) groups excluding carboxylic acids is 2. The van der Waals surface area contributed by atoms with Gasteiger partial charge in [0.15, 0.2) is 11.7 Å². The minimum atomic E-state index is -0.430. The van der Waals surface area contributed by atoms with Crippen molar-refractivity contribution in [3.05, 3.63) is 52.5 Å². The smallest absolute Gasteiger partial charge is 0.265 e. The SMILES string of the molecule is Cc1cc(C)c(NC(=S)NNC(=O)CN2C(=O)COc3ccccc32)c(Cl)c1. The van der Waals surface area contributed by atoms with Crippen molar-refractivity contribution in [2.75, 3.05) is 23.4 Å². The molecule has 0 saturated heterocycles. The first-order chi connectivity index (χ1) is 13.3. The third kappa shape index (κ3) is 4.52. The topological polar surface area (TPSA) is 82.7 Å². The van der Waals surface area contributed by atoms with Crippen molar-refractivity contribution in [1.29, 1.82) is 0 Å². The van der Waals surface area contributed by atoms with E-state index in [1.54, 1.807) is 24.3 Å². The molecule has 1 aliphatic rings. The summed E-state index contributed by atoms with van der Waals surface area (Å²) < 4.78 is 5.36. The minimum Gasteiger partial charge on any atom is -0.482 e. The van der Waals surface area contributed by atoms with Gasteiger partial charge in [-0.1, -0.05) is 29.8 Å². The number of hydrogen-bond donors (Lipinski definition) is 3. The maximum Gasteiger partial charge on any atom is 0.265 e. The number of hydrogen-bond acceptors (Lipinski definition) is 4. The van der Waals surface area contributed by atoms with Crippen molar-refractivity contribution >= 4 is 52.1 Å². The van der Waals surface area contributed by atoms with Gasteiger partial charge in [-0.25, -0.2) is 0 Å². The van der Waals surface area contributed by atoms with Crippen LogP contribution in [0.3, 0.4) is 0 Å². The molecule has 0 atom stereocenters. The quantitative estimate of drug-likeness (QED) is 0.525. The average Bonchev–Trinajstić information content (AvgIpc) is 2.65. The molecular formula is C19H19ClN4O3S. The lowest BCUT2D eigenvalue weighted by atomic mass is 10.1. The Kier molecular flexibility index (Phi) is 6.01. The predicted molar refractivity (Wildman–Crippen MR) is 113 cm³/mol. The van der Waals surface area contributed by atoms with E-state index in [1.807, 2.05) is 26.0 Å². The molecule has 0 fully saturated rings. The number of nitrogens with one attached hydrogen (secondary N) is 3. The molecule has 0 bridgehead atoms. The number of nitrogens with zero attached hydrogens (tertiary/aromatic N) is 1. The molecule has 0 unspecified atom stereocenters. The number of thiocarbonyl (C=S) groups is 1. The first-order valence-corrected chi connectivity index (χ1v) is 9.28. The number of aryl methyl sites for hydroxylation is 2. The number of anilines is 2. The molecule has 0 saturated carbocycles. The van der Waals surface area contributed by atoms with Crippen LogP contribution in [0.4, 0.5) is 11.4 Å². The molecule has 2 aromatic carbocycles. The number of rotatable bonds is 3. The molecule has 2 amide bonds. The van der Waals surface area contributed by atoms with Crippen LogP contribution in [-0.4, -0.2) is 30.1 Å². The summed E-state index contributed by atoms with van der Waals surface area (Å²) in [5, 5.41) is 3.67. The van der Waals surface area contributed by atoms with E-state index in [0.717, 1.165) is 11.1 Å². The molecule has 0 radical (unpaired) electrons. The number of hydrazine groups is 1. The van der Waals surface area contributed by atoms with Gasteiger partial charge in [0.05, 0.1) is 16.4 Å². The van der Waals surface area contributed by atoms with Crippen molar-refractivity contribution in [2.24, 2.45) is 0 Å². The van der Waals surface area contributed by atoms with E-state index >= 15 is 0 Å². The third-order valence-electron chi connectivity index (χ3n) is 4.10. The molecule has 9 heteroatoms. The fourth-order valence-corrected chi connectivity index (χ4v) is 3.38. The van der Waals surface area contributed by atoms with Crippen LogP contribution in [0.2, 0.25) is 5.02 Å². The highest BCUT2D eigenvalue weighted by molar-refractivity contribution is 7.80. The number of fused-ring (bicyclic) bond motifs is 1. The molecule has 3 rings (SSSR count). The summed E-state index contributed by atoms with van der Waals surface area (Å²) in [5.74, 6) is -0.165. The van der Waals surface area contributed by atoms with Crippen LogP contribution in [-0.2, 0) is 9.59 Å². The molecule has 28 heavy (non-hydrogen) atoms. The van der Waals surface area contributed by atoms with Gasteiger partial charge in [0.25, 0.3) is 11.8 Å². The molecule has 0 aliphatic carbocycles. The van der Waals surface area contributed by atoms with Gasteiger partial charge >= 0.3 is 0 Å². The average molecular weight is 419 g/mol. The zero-order chi connectivity index (χ0) is 20.3. The van der Waals surface area contributed by atoms with Crippen molar-refractivity contribution < 1.29 is 14.3 Å². The van der Waals surface area contributed by atoms with E-state index in [9.17, 15) is 9.59 Å². The molecule has 0 spiro atoms. The number of amides is 2. The van der Waals surface area contributed by atoms with E-state index in [-0.39, 0.29) is 24.2 Å². The van der Waals surface area contributed by atoms with E-state index in [1.165, 1.54) is 4.90 Å². The summed E-state index contributed by atoms with van der Waals surface area (Å²) in [6, 6.07) is 10.8. The maximum atomic E-state index is 12.3. The molecular weight excluding hydrogens is 400 g/mol. The second-order valence-corrected chi connectivity index (χ2v) is 7.12. The Morgan fingerprint density at radius 1 is 1.25 bits per heavy atom. The van der Waals surface area contributed by atoms with Crippen LogP contribution in [0, 0.1) is 13.8 Å². The van der Waals surface area contributed by atoms with Crippen LogP contribution >= 0.6 is 23.8 Å². The lowest BCUT2D eigenvalue weighted by Crippen LogP contribution is -2.50. The lowest BCUT2D eigenvalue weighted by Gasteiger charge is -2.28. The van der Waals surface area contributed by atoms with Crippen LogP contribution in [0.5, 0.6) is 5.75 Å². The predicted octanol–water partition coefficient (Wildman–Crippen LogP) is 2.70. The first kappa shape index (κ1) is 19.9. The van der Waals surface area contributed by atoms with Gasteiger partial charge in [-0.05, 0) is 55.4 Å². The zero-order valence-corrected chi connectivity index (χ0v) is 16.9. The molecule has 3 N–H and O–H groups in total. The molecule has 2 aromatic rings. The highest BCUT2D eigenvalue weighted by Gasteiger charge is 2.26. The normalized spacial score (nSPS) is 12.7. The Bertz CT molecular complexity index is 928. The first-order valence-electron chi connectivity index (χ1n) is 8.50. The zero-order valence-electron chi connectivity index (χ0n) is 15.3. The third-order valence-corrected chi connectivity index (χ3v) is 4.60. The minimum absolute atomic E-state index is 0.108. The molecule has 1 aliphatic heterocycles. The van der Waals surface area contributed by atoms with Crippen molar-refractivity contribution in [3.63, 3.8) is 0 Å². The number of para-hydroxylation sites is 2. The summed E-state index contributed by atoms with van der Waals surface area (Å²) in [6.07, 6.45) is 0. The Morgan fingerprint density at radius 3 is 2.75 bits per heavy atom. The van der Waals surface area contributed by atoms with Gasteiger partial charge in [0.2, 0.25) is 0 Å². The van der Waals surface area contributed by atoms with E-state index in [2.05, 4.69) is 16.2 Å². The number of carbonyl (C=O) groups is 2. The Morgan fingerprint density at radius 2 is 2.00 bits per heavy atom. The second-order valence-electron chi connectivity index (χ2n) is 6.30. The summed E-state index contributed by atoms with van der Waals surface area (Å²) in [7, 11) is 0. The van der Waals surface area contributed by atoms with Gasteiger partial charge in [0, 0.05) is 0 Å². The van der Waals surface area contributed by atoms with Gasteiger partial charge in [-0.2, -0.15) is 0 Å². The standard InChI is InChI=1S/C19H19ClN4O3S/c1-11-7-12(2)18(13(20)8-11)21-19(28)23-22-16(25)9-24-14-5-3-4-6-15(14)27-10-17(24)26/h3-8H,9-10H2,1-2H3,(H,22,25)(H2,21,23,28). The Hall–Kier alpha value is -2.84. The monoisotopic (exact) mass is 418 g/mol. The fourth-order valence-electron chi connectivity index (χ4n) is 2.86. The van der Waals surface area contributed by atoms with Crippen molar-refractivity contribution in [3.8, 4) is 5.75 Å². The summed E-state index contributed by atoms with van der Waals surface area (Å²) in [5.41, 5.74) is 8.28. The number of halogens is 1. The van der Waals surface area contributed by atoms with Crippen LogP contribution < -0.4 is 25.8 Å². The van der Waals surface area contributed by atoms with E-state index in [4.69, 9.17) is 28.6 Å². The van der Waals surface area contributed by atoms with Crippen LogP contribution in [0.1, 0.15) is 11.1 Å². The summed E-state index contributed by atoms with van der Waals surface area (Å²) in [4.78, 5) is 25.8. The number of ether oxygens (including phenoxy) is 1. The van der Waals surface area contributed by atoms with Gasteiger partial charge in [-0.3, -0.25) is 25.3 Å². The highest BCUT2D eigenvalue weighted by atomic mass is 35.5. The maximum absolute atomic E-state index is 12.3. The number of benzene rings is 2. The van der Waals surface area contributed by atoms with Gasteiger partial charge in [-0.15, -0.1) is 0 Å². The Labute approximate surface area is 173 Å². The second kappa shape index (κ2) is 8.45. The molecule has 7 nitrogen and oxygen atoms in total. The van der Waals surface area contributed by atoms with Gasteiger partial charge in [0.1, 0.15) is 12.3 Å². The van der Waals surface area contributed by atoms with Crippen molar-refractivity contribution in [2.45, 2.75) is 13.8 Å². The van der Waals surface area contributed by atoms with Gasteiger partial charge < -0.3 is 10.1 Å². The fraction of sp³-hybridized carbons (Fsp3) is 0.211. The summed E-state index contributed by atoms with van der Waals surface area (Å²) >= 11 is 11.4.